The second-order valence-electron chi connectivity index (χ2n) is 4.17. The Morgan fingerprint density at radius 3 is 3.11 bits per heavy atom. The van der Waals surface area contributed by atoms with Gasteiger partial charge in [-0.15, -0.1) is 0 Å². The molecule has 1 fully saturated rings. The Bertz CT molecular complexity index is 625. The number of rotatable bonds is 2. The van der Waals surface area contributed by atoms with Gasteiger partial charge in [-0.2, -0.15) is 0 Å². The van der Waals surface area contributed by atoms with Crippen LogP contribution in [0.15, 0.2) is 12.7 Å². The van der Waals surface area contributed by atoms with Crippen LogP contribution < -0.4 is 0 Å². The average Bonchev–Trinajstić information content (AvgIpc) is 2.93. The third-order valence-corrected chi connectivity index (χ3v) is 3.37. The Kier molecular flexibility index (Phi) is 2.86. The van der Waals surface area contributed by atoms with Gasteiger partial charge in [0, 0.05) is 6.42 Å². The van der Waals surface area contributed by atoms with Crippen LogP contribution in [0, 0.1) is 4.64 Å². The van der Waals surface area contributed by atoms with Gasteiger partial charge >= 0.3 is 0 Å². The van der Waals surface area contributed by atoms with E-state index in [9.17, 15) is 5.11 Å². The number of nitrogens with one attached hydrogen (secondary N) is 1. The summed E-state index contributed by atoms with van der Waals surface area (Å²) in [7, 11) is 0. The lowest BCUT2D eigenvalue weighted by Gasteiger charge is -2.13. The molecule has 18 heavy (non-hydrogen) atoms. The largest absolute Gasteiger partial charge is 0.394 e. The van der Waals surface area contributed by atoms with Crippen LogP contribution in [-0.2, 0) is 4.74 Å². The van der Waals surface area contributed by atoms with E-state index in [0.29, 0.717) is 22.2 Å². The molecule has 1 aliphatic heterocycles. The summed E-state index contributed by atoms with van der Waals surface area (Å²) in [5.74, 6) is 0. The molecule has 3 atom stereocenters. The third kappa shape index (κ3) is 1.74. The summed E-state index contributed by atoms with van der Waals surface area (Å²) in [5.41, 5.74) is 1.30. The standard InChI is InChI=1S/C10H12N4O3S/c15-2-6-5(16)1-7(17-6)14-4-13-8-9(14)11-3-12-10(8)18/h3-7,15-16H,1-2H2,(H,11,12,18)/t5-,6+,7?/m1/s1. The summed E-state index contributed by atoms with van der Waals surface area (Å²) in [6, 6.07) is 0. The molecule has 0 spiro atoms. The Labute approximate surface area is 107 Å². The number of aromatic amines is 1. The normalized spacial score (nSPS) is 28.0. The number of nitrogens with zero attached hydrogens (tertiary/aromatic N) is 3. The van der Waals surface area contributed by atoms with Crippen LogP contribution in [0.1, 0.15) is 12.6 Å². The molecule has 0 amide bonds. The van der Waals surface area contributed by atoms with Crippen LogP contribution in [0.25, 0.3) is 11.2 Å². The lowest BCUT2D eigenvalue weighted by atomic mass is 10.2. The lowest BCUT2D eigenvalue weighted by molar-refractivity contribution is -0.0432. The minimum atomic E-state index is -0.678. The van der Waals surface area contributed by atoms with E-state index in [2.05, 4.69) is 15.0 Å². The van der Waals surface area contributed by atoms with Gasteiger partial charge in [0.15, 0.2) is 4.64 Å². The molecule has 3 N–H and O–H groups in total. The van der Waals surface area contributed by atoms with Crippen LogP contribution in [0.3, 0.4) is 0 Å². The quantitative estimate of drug-likeness (QED) is 0.670. The Morgan fingerprint density at radius 2 is 2.39 bits per heavy atom. The lowest BCUT2D eigenvalue weighted by Crippen LogP contribution is -2.24. The summed E-state index contributed by atoms with van der Waals surface area (Å²) in [6.45, 7) is -0.206. The van der Waals surface area contributed by atoms with Gasteiger partial charge in [0.05, 0.1) is 25.4 Å². The van der Waals surface area contributed by atoms with Crippen molar-refractivity contribution in [3.63, 3.8) is 0 Å². The first kappa shape index (κ1) is 11.7. The molecule has 1 aliphatic rings. The first-order valence-electron chi connectivity index (χ1n) is 5.55. The van der Waals surface area contributed by atoms with E-state index in [1.54, 1.807) is 10.9 Å². The summed E-state index contributed by atoms with van der Waals surface area (Å²) in [6.07, 6.45) is 1.89. The molecule has 2 aromatic heterocycles. The maximum Gasteiger partial charge on any atom is 0.157 e. The third-order valence-electron chi connectivity index (χ3n) is 3.07. The van der Waals surface area contributed by atoms with Crippen LogP contribution in [0.5, 0.6) is 0 Å². The monoisotopic (exact) mass is 268 g/mol. The van der Waals surface area contributed by atoms with Crippen LogP contribution in [0.4, 0.5) is 0 Å². The fourth-order valence-electron chi connectivity index (χ4n) is 2.14. The van der Waals surface area contributed by atoms with Gasteiger partial charge in [-0.3, -0.25) is 4.57 Å². The molecule has 0 aliphatic carbocycles. The van der Waals surface area contributed by atoms with E-state index in [0.717, 1.165) is 0 Å². The highest BCUT2D eigenvalue weighted by Crippen LogP contribution is 2.30. The average molecular weight is 268 g/mol. The second-order valence-corrected chi connectivity index (χ2v) is 4.56. The number of aliphatic hydroxyl groups is 2. The number of fused-ring (bicyclic) bond motifs is 1. The predicted molar refractivity (Wildman–Crippen MR) is 64.3 cm³/mol. The molecule has 0 aromatic carbocycles. The predicted octanol–water partition coefficient (Wildman–Crippen LogP) is 0.130. The number of hydrogen-bond acceptors (Lipinski definition) is 6. The zero-order chi connectivity index (χ0) is 12.7. The van der Waals surface area contributed by atoms with E-state index in [-0.39, 0.29) is 12.8 Å². The fraction of sp³-hybridized carbons (Fsp3) is 0.500. The molecular weight excluding hydrogens is 256 g/mol. The van der Waals surface area contributed by atoms with Gasteiger partial charge in [-0.25, -0.2) is 9.97 Å². The highest BCUT2D eigenvalue weighted by Gasteiger charge is 2.35. The van der Waals surface area contributed by atoms with Crippen LogP contribution in [0.2, 0.25) is 0 Å². The molecule has 96 valence electrons. The highest BCUT2D eigenvalue weighted by atomic mass is 32.1. The molecule has 3 heterocycles. The molecule has 8 heteroatoms. The maximum atomic E-state index is 9.72. The van der Waals surface area contributed by atoms with Gasteiger partial charge < -0.3 is 19.9 Å². The number of ether oxygens (including phenoxy) is 1. The van der Waals surface area contributed by atoms with Gasteiger partial charge in [-0.05, 0) is 0 Å². The van der Waals surface area contributed by atoms with Crippen LogP contribution >= 0.6 is 12.2 Å². The van der Waals surface area contributed by atoms with E-state index >= 15 is 0 Å². The Hall–Kier alpha value is -1.35. The van der Waals surface area contributed by atoms with E-state index < -0.39 is 12.2 Å². The second kappa shape index (κ2) is 4.39. The van der Waals surface area contributed by atoms with E-state index in [4.69, 9.17) is 22.1 Å². The topological polar surface area (TPSA) is 96.2 Å². The molecule has 0 radical (unpaired) electrons. The van der Waals surface area contributed by atoms with Gasteiger partial charge in [0.2, 0.25) is 0 Å². The maximum absolute atomic E-state index is 9.72. The van der Waals surface area contributed by atoms with Gasteiger partial charge in [0.25, 0.3) is 0 Å². The minimum Gasteiger partial charge on any atom is -0.394 e. The van der Waals surface area contributed by atoms with Crippen molar-refractivity contribution in [1.29, 1.82) is 0 Å². The van der Waals surface area contributed by atoms with Crippen molar-refractivity contribution in [2.45, 2.75) is 24.9 Å². The first-order valence-corrected chi connectivity index (χ1v) is 5.96. The zero-order valence-corrected chi connectivity index (χ0v) is 10.2. The SMILES string of the molecule is OC[C@@H]1OC(n2cnc3c(=S)nc[nH]c32)C[C@H]1O. The number of imidazole rings is 1. The van der Waals surface area contributed by atoms with Gasteiger partial charge in [0.1, 0.15) is 23.5 Å². The molecule has 2 aromatic rings. The van der Waals surface area contributed by atoms with Crippen molar-refractivity contribution in [1.82, 2.24) is 19.5 Å². The number of hydrogen-bond donors (Lipinski definition) is 3. The molecule has 1 saturated heterocycles. The van der Waals surface area contributed by atoms with Crippen molar-refractivity contribution in [3.05, 3.63) is 17.3 Å². The van der Waals surface area contributed by atoms with Crippen molar-refractivity contribution < 1.29 is 14.9 Å². The number of H-pyrrole nitrogens is 1. The van der Waals surface area contributed by atoms with Crippen molar-refractivity contribution in [2.75, 3.05) is 6.61 Å². The zero-order valence-electron chi connectivity index (χ0n) is 9.35. The Morgan fingerprint density at radius 1 is 1.56 bits per heavy atom. The molecule has 1 unspecified atom stereocenters. The Balaban J connectivity index is 2.01. The molecule has 0 bridgehead atoms. The number of aromatic nitrogens is 4. The number of aliphatic hydroxyl groups excluding tert-OH is 2. The van der Waals surface area contributed by atoms with E-state index in [1.165, 1.54) is 6.33 Å². The van der Waals surface area contributed by atoms with Crippen molar-refractivity contribution >= 4 is 23.4 Å². The highest BCUT2D eigenvalue weighted by molar-refractivity contribution is 7.71. The summed E-state index contributed by atoms with van der Waals surface area (Å²) < 4.78 is 7.74. The summed E-state index contributed by atoms with van der Waals surface area (Å²) in [5, 5.41) is 18.8. The van der Waals surface area contributed by atoms with E-state index in [1.807, 2.05) is 0 Å². The van der Waals surface area contributed by atoms with Crippen LogP contribution in [-0.4, -0.2) is 48.5 Å². The molecule has 3 rings (SSSR count). The van der Waals surface area contributed by atoms with Crippen molar-refractivity contribution in [2.24, 2.45) is 0 Å². The minimum absolute atomic E-state index is 0.206. The molecular formula is C10H12N4O3S. The fourth-order valence-corrected chi connectivity index (χ4v) is 2.34. The smallest absolute Gasteiger partial charge is 0.157 e. The molecule has 7 nitrogen and oxygen atoms in total. The van der Waals surface area contributed by atoms with Crippen molar-refractivity contribution in [3.8, 4) is 0 Å². The summed E-state index contributed by atoms with van der Waals surface area (Å²) in [4.78, 5) is 11.1. The first-order chi connectivity index (χ1) is 8.70. The molecule has 0 saturated carbocycles. The summed E-state index contributed by atoms with van der Waals surface area (Å²) >= 11 is 5.07. The van der Waals surface area contributed by atoms with Gasteiger partial charge in [-0.1, -0.05) is 12.2 Å².